The van der Waals surface area contributed by atoms with Gasteiger partial charge in [-0.25, -0.2) is 0 Å². The highest BCUT2D eigenvalue weighted by Crippen LogP contribution is 2.43. The smallest absolute Gasteiger partial charge is 0.269 e. The Morgan fingerprint density at radius 3 is 2.57 bits per heavy atom. The fourth-order valence-electron chi connectivity index (χ4n) is 3.59. The Labute approximate surface area is 126 Å². The van der Waals surface area contributed by atoms with Crippen molar-refractivity contribution in [1.82, 2.24) is 0 Å². The van der Waals surface area contributed by atoms with Gasteiger partial charge < -0.3 is 5.73 Å². The minimum absolute atomic E-state index is 0.126. The Balaban J connectivity index is 2.09. The molecule has 0 spiro atoms. The van der Waals surface area contributed by atoms with Gasteiger partial charge in [0.1, 0.15) is 0 Å². The highest BCUT2D eigenvalue weighted by Gasteiger charge is 2.35. The zero-order chi connectivity index (χ0) is 15.5. The number of non-ortho nitro benzene ring substituents is 1. The van der Waals surface area contributed by atoms with Gasteiger partial charge >= 0.3 is 0 Å². The molecule has 1 fully saturated rings. The summed E-state index contributed by atoms with van der Waals surface area (Å²) in [6, 6.07) is 7.01. The summed E-state index contributed by atoms with van der Waals surface area (Å²) in [5, 5.41) is 10.9. The maximum Gasteiger partial charge on any atom is 0.269 e. The number of benzene rings is 1. The van der Waals surface area contributed by atoms with Gasteiger partial charge in [-0.1, -0.05) is 26.0 Å². The van der Waals surface area contributed by atoms with E-state index in [1.165, 1.54) is 12.8 Å². The fraction of sp³-hybridized carbons (Fsp3) is 0.647. The zero-order valence-electron chi connectivity index (χ0n) is 13.0. The SMILES string of the molecule is CC(C)C1CCC(CN)(Cc2cccc([N+](=O)[O-])c2)CC1. The minimum atomic E-state index is -0.325. The van der Waals surface area contributed by atoms with E-state index in [9.17, 15) is 10.1 Å². The van der Waals surface area contributed by atoms with Crippen LogP contribution in [0, 0.1) is 27.4 Å². The molecule has 0 heterocycles. The van der Waals surface area contributed by atoms with Crippen molar-refractivity contribution in [2.45, 2.75) is 46.0 Å². The first-order chi connectivity index (χ1) is 9.96. The first-order valence-electron chi connectivity index (χ1n) is 7.89. The van der Waals surface area contributed by atoms with Crippen molar-refractivity contribution >= 4 is 5.69 Å². The third kappa shape index (κ3) is 3.82. The predicted octanol–water partition coefficient (Wildman–Crippen LogP) is 3.93. The zero-order valence-corrected chi connectivity index (χ0v) is 13.0. The topological polar surface area (TPSA) is 69.2 Å². The van der Waals surface area contributed by atoms with Gasteiger partial charge in [0, 0.05) is 12.1 Å². The fourth-order valence-corrected chi connectivity index (χ4v) is 3.59. The highest BCUT2D eigenvalue weighted by atomic mass is 16.6. The third-order valence-electron chi connectivity index (χ3n) is 5.17. The van der Waals surface area contributed by atoms with E-state index in [0.717, 1.165) is 36.7 Å². The van der Waals surface area contributed by atoms with Gasteiger partial charge in [0.2, 0.25) is 0 Å². The molecule has 2 N–H and O–H groups in total. The Kier molecular flexibility index (Phi) is 4.99. The van der Waals surface area contributed by atoms with Crippen LogP contribution in [0.15, 0.2) is 24.3 Å². The molecule has 21 heavy (non-hydrogen) atoms. The molecule has 116 valence electrons. The maximum absolute atomic E-state index is 10.9. The molecule has 0 radical (unpaired) electrons. The summed E-state index contributed by atoms with van der Waals surface area (Å²) >= 11 is 0. The summed E-state index contributed by atoms with van der Waals surface area (Å²) in [4.78, 5) is 10.6. The third-order valence-corrected chi connectivity index (χ3v) is 5.17. The second kappa shape index (κ2) is 6.56. The molecule has 0 amide bonds. The monoisotopic (exact) mass is 290 g/mol. The summed E-state index contributed by atoms with van der Waals surface area (Å²) in [6.45, 7) is 5.25. The Hall–Kier alpha value is -1.42. The van der Waals surface area contributed by atoms with Crippen LogP contribution in [0.25, 0.3) is 0 Å². The van der Waals surface area contributed by atoms with Crippen LogP contribution in [-0.4, -0.2) is 11.5 Å². The lowest BCUT2D eigenvalue weighted by atomic mass is 9.65. The van der Waals surface area contributed by atoms with E-state index in [2.05, 4.69) is 13.8 Å². The first-order valence-corrected chi connectivity index (χ1v) is 7.89. The van der Waals surface area contributed by atoms with Crippen molar-refractivity contribution in [3.05, 3.63) is 39.9 Å². The largest absolute Gasteiger partial charge is 0.330 e. The lowest BCUT2D eigenvalue weighted by Crippen LogP contribution is -2.37. The van der Waals surface area contributed by atoms with E-state index in [-0.39, 0.29) is 16.0 Å². The van der Waals surface area contributed by atoms with E-state index < -0.39 is 0 Å². The van der Waals surface area contributed by atoms with Crippen molar-refractivity contribution in [3.63, 3.8) is 0 Å². The molecule has 0 aliphatic heterocycles. The van der Waals surface area contributed by atoms with Crippen molar-refractivity contribution in [2.24, 2.45) is 23.0 Å². The summed E-state index contributed by atoms with van der Waals surface area (Å²) in [6.07, 6.45) is 5.58. The molecular weight excluding hydrogens is 264 g/mol. The van der Waals surface area contributed by atoms with Crippen molar-refractivity contribution in [3.8, 4) is 0 Å². The normalized spacial score (nSPS) is 26.0. The van der Waals surface area contributed by atoms with Gasteiger partial charge in [0.15, 0.2) is 0 Å². The molecule has 2 rings (SSSR count). The van der Waals surface area contributed by atoms with Gasteiger partial charge in [-0.05, 0) is 61.5 Å². The molecule has 1 aromatic rings. The number of nitro benzene ring substituents is 1. The van der Waals surface area contributed by atoms with Crippen LogP contribution >= 0.6 is 0 Å². The van der Waals surface area contributed by atoms with Crippen molar-refractivity contribution < 1.29 is 4.92 Å². The van der Waals surface area contributed by atoms with E-state index in [4.69, 9.17) is 5.73 Å². The van der Waals surface area contributed by atoms with Crippen LogP contribution in [0.2, 0.25) is 0 Å². The standard InChI is InChI=1S/C17H26N2O2/c1-13(2)15-6-8-17(12-18,9-7-15)11-14-4-3-5-16(10-14)19(20)21/h3-5,10,13,15H,6-9,11-12,18H2,1-2H3. The van der Waals surface area contributed by atoms with Gasteiger partial charge in [-0.15, -0.1) is 0 Å². The molecule has 0 atom stereocenters. The number of rotatable bonds is 5. The van der Waals surface area contributed by atoms with Gasteiger partial charge in [-0.2, -0.15) is 0 Å². The van der Waals surface area contributed by atoms with Gasteiger partial charge in [0.05, 0.1) is 4.92 Å². The Bertz CT molecular complexity index is 491. The molecule has 1 aromatic carbocycles. The molecular formula is C17H26N2O2. The lowest BCUT2D eigenvalue weighted by molar-refractivity contribution is -0.384. The number of nitrogens with two attached hydrogens (primary N) is 1. The van der Waals surface area contributed by atoms with Crippen LogP contribution in [0.3, 0.4) is 0 Å². The second-order valence-corrected chi connectivity index (χ2v) is 6.89. The van der Waals surface area contributed by atoms with E-state index >= 15 is 0 Å². The van der Waals surface area contributed by atoms with Crippen molar-refractivity contribution in [2.75, 3.05) is 6.54 Å². The number of nitrogens with zero attached hydrogens (tertiary/aromatic N) is 1. The molecule has 4 heteroatoms. The quantitative estimate of drug-likeness (QED) is 0.660. The summed E-state index contributed by atoms with van der Waals surface area (Å²) in [7, 11) is 0. The molecule has 0 saturated heterocycles. The molecule has 1 aliphatic rings. The predicted molar refractivity (Wildman–Crippen MR) is 85.1 cm³/mol. The minimum Gasteiger partial charge on any atom is -0.330 e. The van der Waals surface area contributed by atoms with Crippen LogP contribution in [0.4, 0.5) is 5.69 Å². The Morgan fingerprint density at radius 1 is 1.38 bits per heavy atom. The lowest BCUT2D eigenvalue weighted by Gasteiger charge is -2.41. The summed E-state index contributed by atoms with van der Waals surface area (Å²) < 4.78 is 0. The van der Waals surface area contributed by atoms with Gasteiger partial charge in [-0.3, -0.25) is 10.1 Å². The van der Waals surface area contributed by atoms with Crippen molar-refractivity contribution in [1.29, 1.82) is 0 Å². The van der Waals surface area contributed by atoms with E-state index in [1.807, 2.05) is 6.07 Å². The highest BCUT2D eigenvalue weighted by molar-refractivity contribution is 5.34. The molecule has 1 aliphatic carbocycles. The second-order valence-electron chi connectivity index (χ2n) is 6.89. The first kappa shape index (κ1) is 16.0. The molecule has 1 saturated carbocycles. The van der Waals surface area contributed by atoms with Gasteiger partial charge in [0.25, 0.3) is 5.69 Å². The number of nitro groups is 1. The summed E-state index contributed by atoms with van der Waals surface area (Å²) in [5.74, 6) is 1.54. The average molecular weight is 290 g/mol. The number of hydrogen-bond acceptors (Lipinski definition) is 3. The molecule has 0 bridgehead atoms. The molecule has 4 nitrogen and oxygen atoms in total. The number of hydrogen-bond donors (Lipinski definition) is 1. The average Bonchev–Trinajstić information content (AvgIpc) is 2.48. The van der Waals surface area contributed by atoms with Crippen LogP contribution in [0.5, 0.6) is 0 Å². The maximum atomic E-state index is 10.9. The molecule has 0 unspecified atom stereocenters. The summed E-state index contributed by atoms with van der Waals surface area (Å²) in [5.41, 5.74) is 7.41. The van der Waals surface area contributed by atoms with E-state index in [1.54, 1.807) is 18.2 Å². The van der Waals surface area contributed by atoms with Crippen LogP contribution in [0.1, 0.15) is 45.1 Å². The Morgan fingerprint density at radius 2 is 2.05 bits per heavy atom. The molecule has 0 aromatic heterocycles. The van der Waals surface area contributed by atoms with Crippen LogP contribution in [-0.2, 0) is 6.42 Å². The van der Waals surface area contributed by atoms with Crippen LogP contribution < -0.4 is 5.73 Å². The van der Waals surface area contributed by atoms with E-state index in [0.29, 0.717) is 6.54 Å².